The van der Waals surface area contributed by atoms with Crippen molar-refractivity contribution in [2.75, 3.05) is 25.1 Å². The molecular formula is C15H24N4OS. The zero-order chi connectivity index (χ0) is 15.0. The number of methoxy groups -OCH3 is 1. The molecule has 3 heterocycles. The van der Waals surface area contributed by atoms with Crippen molar-refractivity contribution in [1.82, 2.24) is 9.38 Å². The molecule has 1 aliphatic rings. The summed E-state index contributed by atoms with van der Waals surface area (Å²) in [7, 11) is 1.80. The van der Waals surface area contributed by atoms with Gasteiger partial charge in [-0.25, -0.2) is 4.98 Å². The molecule has 2 aromatic heterocycles. The number of thiazole rings is 1. The Bertz CT molecular complexity index is 620. The van der Waals surface area contributed by atoms with Crippen molar-refractivity contribution in [2.24, 2.45) is 5.73 Å². The average molecular weight is 308 g/mol. The van der Waals surface area contributed by atoms with E-state index in [2.05, 4.69) is 27.8 Å². The Hall–Kier alpha value is -1.11. The Kier molecular flexibility index (Phi) is 3.94. The van der Waals surface area contributed by atoms with Gasteiger partial charge in [0.2, 0.25) is 0 Å². The van der Waals surface area contributed by atoms with Gasteiger partial charge in [0, 0.05) is 44.2 Å². The maximum atomic E-state index is 6.04. The van der Waals surface area contributed by atoms with Crippen LogP contribution in [0.25, 0.3) is 4.96 Å². The summed E-state index contributed by atoms with van der Waals surface area (Å²) in [5, 5.41) is 2.08. The highest BCUT2D eigenvalue weighted by Crippen LogP contribution is 2.31. The van der Waals surface area contributed by atoms with Crippen LogP contribution in [-0.4, -0.2) is 41.2 Å². The van der Waals surface area contributed by atoms with Gasteiger partial charge in [0.05, 0.1) is 11.3 Å². The highest BCUT2D eigenvalue weighted by Gasteiger charge is 2.33. The van der Waals surface area contributed by atoms with Crippen molar-refractivity contribution < 1.29 is 4.74 Å². The molecule has 6 heteroatoms. The van der Waals surface area contributed by atoms with Gasteiger partial charge in [0.25, 0.3) is 0 Å². The van der Waals surface area contributed by atoms with Gasteiger partial charge in [-0.2, -0.15) is 0 Å². The Morgan fingerprint density at radius 2 is 2.38 bits per heavy atom. The van der Waals surface area contributed by atoms with Crippen molar-refractivity contribution in [3.63, 3.8) is 0 Å². The number of anilines is 1. The number of imidazole rings is 1. The van der Waals surface area contributed by atoms with Gasteiger partial charge in [0.1, 0.15) is 0 Å². The fraction of sp³-hybridized carbons (Fsp3) is 0.667. The number of nitrogens with zero attached hydrogens (tertiary/aromatic N) is 3. The molecule has 2 N–H and O–H groups in total. The zero-order valence-corrected chi connectivity index (χ0v) is 13.8. The van der Waals surface area contributed by atoms with Crippen LogP contribution in [0.5, 0.6) is 0 Å². The molecule has 0 spiro atoms. The second-order valence-corrected chi connectivity index (χ2v) is 7.17. The zero-order valence-electron chi connectivity index (χ0n) is 13.0. The molecular weight excluding hydrogens is 284 g/mol. The molecule has 0 bridgehead atoms. The van der Waals surface area contributed by atoms with E-state index in [0.717, 1.165) is 43.1 Å². The maximum absolute atomic E-state index is 6.04. The highest BCUT2D eigenvalue weighted by atomic mass is 32.1. The Labute approximate surface area is 129 Å². The van der Waals surface area contributed by atoms with Gasteiger partial charge in [-0.15, -0.1) is 11.3 Å². The molecule has 1 aliphatic heterocycles. The second-order valence-electron chi connectivity index (χ2n) is 6.30. The minimum Gasteiger partial charge on any atom is -0.377 e. The fourth-order valence-corrected chi connectivity index (χ4v) is 3.85. The molecule has 0 aromatic carbocycles. The monoisotopic (exact) mass is 308 g/mol. The van der Waals surface area contributed by atoms with Crippen molar-refractivity contribution in [3.05, 3.63) is 17.3 Å². The van der Waals surface area contributed by atoms with Gasteiger partial charge in [0.15, 0.2) is 10.8 Å². The number of nitrogens with two attached hydrogens (primary N) is 1. The third kappa shape index (κ3) is 2.80. The number of piperidine rings is 1. The van der Waals surface area contributed by atoms with Crippen LogP contribution in [0.4, 0.5) is 5.82 Å². The predicted octanol–water partition coefficient (Wildman–Crippen LogP) is 2.29. The van der Waals surface area contributed by atoms with Crippen molar-refractivity contribution in [1.29, 1.82) is 0 Å². The molecule has 1 saturated heterocycles. The van der Waals surface area contributed by atoms with Gasteiger partial charge < -0.3 is 15.4 Å². The van der Waals surface area contributed by atoms with E-state index in [1.807, 2.05) is 6.92 Å². The smallest absolute Gasteiger partial charge is 0.195 e. The predicted molar refractivity (Wildman–Crippen MR) is 87.3 cm³/mol. The average Bonchev–Trinajstić information content (AvgIpc) is 3.01. The molecule has 116 valence electrons. The molecule has 0 saturated carbocycles. The summed E-state index contributed by atoms with van der Waals surface area (Å²) in [6, 6.07) is 0.127. The molecule has 0 aliphatic carbocycles. The van der Waals surface area contributed by atoms with E-state index in [0.29, 0.717) is 0 Å². The van der Waals surface area contributed by atoms with E-state index in [4.69, 9.17) is 15.5 Å². The standard InChI is InChI=1S/C15H24N4OS/c1-11(16)9-12-13(17-14-19(12)7-8-21-14)18-6-4-5-15(2,10-18)20-3/h7-8,11H,4-6,9-10,16H2,1-3H3. The molecule has 0 amide bonds. The lowest BCUT2D eigenvalue weighted by Gasteiger charge is -2.40. The van der Waals surface area contributed by atoms with Crippen LogP contribution in [-0.2, 0) is 11.2 Å². The number of hydrogen-bond acceptors (Lipinski definition) is 5. The van der Waals surface area contributed by atoms with Gasteiger partial charge in [-0.1, -0.05) is 0 Å². The molecule has 21 heavy (non-hydrogen) atoms. The second kappa shape index (κ2) is 5.59. The quantitative estimate of drug-likeness (QED) is 0.941. The van der Waals surface area contributed by atoms with Crippen LogP contribution >= 0.6 is 11.3 Å². The Morgan fingerprint density at radius 1 is 1.57 bits per heavy atom. The first-order valence-corrected chi connectivity index (χ1v) is 8.40. The SMILES string of the molecule is COC1(C)CCCN(c2nc3sccn3c2CC(C)N)C1. The van der Waals surface area contributed by atoms with E-state index in [-0.39, 0.29) is 11.6 Å². The number of fused-ring (bicyclic) bond motifs is 1. The molecule has 5 nitrogen and oxygen atoms in total. The van der Waals surface area contributed by atoms with Gasteiger partial charge in [-0.3, -0.25) is 4.40 Å². The number of rotatable bonds is 4. The fourth-order valence-electron chi connectivity index (χ4n) is 3.12. The van der Waals surface area contributed by atoms with Crippen LogP contribution in [0.1, 0.15) is 32.4 Å². The Balaban J connectivity index is 1.97. The lowest BCUT2D eigenvalue weighted by molar-refractivity contribution is -0.00482. The van der Waals surface area contributed by atoms with Crippen molar-refractivity contribution in [3.8, 4) is 0 Å². The topological polar surface area (TPSA) is 55.8 Å². The largest absolute Gasteiger partial charge is 0.377 e. The third-order valence-electron chi connectivity index (χ3n) is 4.31. The summed E-state index contributed by atoms with van der Waals surface area (Å²) >= 11 is 1.67. The number of hydrogen-bond donors (Lipinski definition) is 1. The first kappa shape index (κ1) is 14.8. The maximum Gasteiger partial charge on any atom is 0.195 e. The highest BCUT2D eigenvalue weighted by molar-refractivity contribution is 7.15. The number of aromatic nitrogens is 2. The molecule has 2 aromatic rings. The van der Waals surface area contributed by atoms with Crippen molar-refractivity contribution >= 4 is 22.1 Å². The van der Waals surface area contributed by atoms with Crippen LogP contribution in [0.15, 0.2) is 11.6 Å². The molecule has 1 fully saturated rings. The van der Waals surface area contributed by atoms with Crippen LogP contribution in [0.2, 0.25) is 0 Å². The third-order valence-corrected chi connectivity index (χ3v) is 5.06. The lowest BCUT2D eigenvalue weighted by atomic mass is 9.94. The summed E-state index contributed by atoms with van der Waals surface area (Å²) in [5.74, 6) is 1.09. The Morgan fingerprint density at radius 3 is 3.10 bits per heavy atom. The lowest BCUT2D eigenvalue weighted by Crippen LogP contribution is -2.48. The van der Waals surface area contributed by atoms with E-state index in [1.165, 1.54) is 5.69 Å². The van der Waals surface area contributed by atoms with Crippen LogP contribution in [0.3, 0.4) is 0 Å². The molecule has 2 atom stereocenters. The van der Waals surface area contributed by atoms with E-state index < -0.39 is 0 Å². The normalized spacial score (nSPS) is 24.7. The number of ether oxygens (including phenoxy) is 1. The summed E-state index contributed by atoms with van der Waals surface area (Å²) in [4.78, 5) is 8.26. The first-order chi connectivity index (χ1) is 10.0. The van der Waals surface area contributed by atoms with E-state index in [1.54, 1.807) is 18.4 Å². The van der Waals surface area contributed by atoms with Crippen LogP contribution in [0, 0.1) is 0 Å². The van der Waals surface area contributed by atoms with Gasteiger partial charge in [-0.05, 0) is 26.7 Å². The van der Waals surface area contributed by atoms with E-state index in [9.17, 15) is 0 Å². The first-order valence-electron chi connectivity index (χ1n) is 7.52. The summed E-state index contributed by atoms with van der Waals surface area (Å²) < 4.78 is 7.89. The summed E-state index contributed by atoms with van der Waals surface area (Å²) in [5.41, 5.74) is 7.18. The minimum absolute atomic E-state index is 0.0824. The minimum atomic E-state index is -0.0824. The molecule has 3 rings (SSSR count). The van der Waals surface area contributed by atoms with Gasteiger partial charge >= 0.3 is 0 Å². The molecule has 0 radical (unpaired) electrons. The molecule has 2 unspecified atom stereocenters. The van der Waals surface area contributed by atoms with Crippen LogP contribution < -0.4 is 10.6 Å². The summed E-state index contributed by atoms with van der Waals surface area (Å²) in [6.07, 6.45) is 5.17. The van der Waals surface area contributed by atoms with E-state index >= 15 is 0 Å². The summed E-state index contributed by atoms with van der Waals surface area (Å²) in [6.45, 7) is 6.16. The van der Waals surface area contributed by atoms with Crippen molar-refractivity contribution in [2.45, 2.75) is 44.8 Å².